The lowest BCUT2D eigenvalue weighted by molar-refractivity contribution is -0.117. The number of aromatic nitrogens is 1. The van der Waals surface area contributed by atoms with Crippen LogP contribution in [0.25, 0.3) is 0 Å². The Morgan fingerprint density at radius 3 is 2.27 bits per heavy atom. The number of nitrogens with zero attached hydrogens (tertiary/aromatic N) is 1. The number of hydrogen-bond acceptors (Lipinski definition) is 4. The number of phenols is 1. The number of benzene rings is 1. The van der Waals surface area contributed by atoms with Crippen LogP contribution >= 0.6 is 12.4 Å². The Morgan fingerprint density at radius 1 is 1.17 bits per heavy atom. The van der Waals surface area contributed by atoms with Crippen molar-refractivity contribution in [2.24, 2.45) is 0 Å². The van der Waals surface area contributed by atoms with Crippen LogP contribution in [0.1, 0.15) is 84.0 Å². The van der Waals surface area contributed by atoms with Gasteiger partial charge in [-0.2, -0.15) is 0 Å². The molecule has 0 spiro atoms. The van der Waals surface area contributed by atoms with Crippen molar-refractivity contribution in [1.82, 2.24) is 4.98 Å². The zero-order chi connectivity index (χ0) is 22.0. The quantitative estimate of drug-likeness (QED) is 0.404. The summed E-state index contributed by atoms with van der Waals surface area (Å²) in [4.78, 5) is 17.6. The molecule has 4 N–H and O–H groups in total. The van der Waals surface area contributed by atoms with Crippen LogP contribution in [0.5, 0.6) is 5.75 Å². The van der Waals surface area contributed by atoms with E-state index < -0.39 is 0 Å². The van der Waals surface area contributed by atoms with Gasteiger partial charge in [0.15, 0.2) is 0 Å². The molecule has 1 heterocycles. The van der Waals surface area contributed by atoms with Gasteiger partial charge in [-0.3, -0.25) is 9.78 Å². The standard InChI is InChI=1S/C24H35N3O2.ClH/c1-8-11-15(17-12-9-10-13-26-17)22(29)27-18-14-16(23(2,3)4)21(28)19(20(18)25)24(5,6)7;/h9-10,12-15,28H,8,11,25H2,1-7H3,(H,27,29);1H. The molecule has 0 fully saturated rings. The molecule has 1 aromatic carbocycles. The normalized spacial score (nSPS) is 12.8. The summed E-state index contributed by atoms with van der Waals surface area (Å²) < 4.78 is 0. The van der Waals surface area contributed by atoms with Crippen molar-refractivity contribution in [2.75, 3.05) is 11.1 Å². The van der Waals surface area contributed by atoms with Crippen LogP contribution in [0.15, 0.2) is 30.5 Å². The van der Waals surface area contributed by atoms with E-state index in [9.17, 15) is 9.90 Å². The summed E-state index contributed by atoms with van der Waals surface area (Å²) >= 11 is 0. The smallest absolute Gasteiger partial charge is 0.233 e. The van der Waals surface area contributed by atoms with E-state index in [0.29, 0.717) is 23.4 Å². The third-order valence-corrected chi connectivity index (χ3v) is 5.09. The summed E-state index contributed by atoms with van der Waals surface area (Å²) in [5, 5.41) is 14.0. The lowest BCUT2D eigenvalue weighted by Gasteiger charge is -2.30. The van der Waals surface area contributed by atoms with E-state index in [1.54, 1.807) is 12.3 Å². The average Bonchev–Trinajstić information content (AvgIpc) is 2.60. The first-order valence-corrected chi connectivity index (χ1v) is 10.3. The van der Waals surface area contributed by atoms with E-state index in [1.165, 1.54) is 0 Å². The molecule has 1 amide bonds. The number of anilines is 2. The Labute approximate surface area is 186 Å². The topological polar surface area (TPSA) is 88.2 Å². The number of rotatable bonds is 5. The number of amides is 1. The van der Waals surface area contributed by atoms with Gasteiger partial charge in [0.1, 0.15) is 5.75 Å². The summed E-state index contributed by atoms with van der Waals surface area (Å²) in [6.07, 6.45) is 3.26. The molecule has 1 aromatic heterocycles. The summed E-state index contributed by atoms with van der Waals surface area (Å²) in [5.41, 5.74) is 8.89. The van der Waals surface area contributed by atoms with E-state index in [4.69, 9.17) is 5.73 Å². The molecule has 0 bridgehead atoms. The van der Waals surface area contributed by atoms with E-state index in [1.807, 2.05) is 66.7 Å². The number of hydrogen-bond donors (Lipinski definition) is 3. The second-order valence-electron chi connectivity index (χ2n) is 9.69. The minimum atomic E-state index is -0.376. The summed E-state index contributed by atoms with van der Waals surface area (Å²) in [5.74, 6) is -0.288. The predicted octanol–water partition coefficient (Wildman–Crippen LogP) is 5.91. The molecule has 6 heteroatoms. The first kappa shape index (κ1) is 25.8. The number of nitrogens with two attached hydrogens (primary N) is 1. The number of pyridine rings is 1. The van der Waals surface area contributed by atoms with Gasteiger partial charge in [0.2, 0.25) is 5.91 Å². The van der Waals surface area contributed by atoms with E-state index in [0.717, 1.165) is 17.7 Å². The maximum absolute atomic E-state index is 13.2. The average molecular weight is 434 g/mol. The van der Waals surface area contributed by atoms with E-state index in [-0.39, 0.29) is 40.8 Å². The second kappa shape index (κ2) is 9.69. The highest BCUT2D eigenvalue weighted by atomic mass is 35.5. The third kappa shape index (κ3) is 5.66. The monoisotopic (exact) mass is 433 g/mol. The fourth-order valence-corrected chi connectivity index (χ4v) is 3.63. The molecule has 1 unspecified atom stereocenters. The van der Waals surface area contributed by atoms with Gasteiger partial charge >= 0.3 is 0 Å². The Balaban J connectivity index is 0.00000450. The Morgan fingerprint density at radius 2 is 1.80 bits per heavy atom. The number of nitrogens with one attached hydrogen (secondary N) is 1. The van der Waals surface area contributed by atoms with Gasteiger partial charge in [-0.05, 0) is 35.4 Å². The number of halogens is 1. The molecule has 30 heavy (non-hydrogen) atoms. The minimum absolute atomic E-state index is 0. The van der Waals surface area contributed by atoms with Crippen LogP contribution < -0.4 is 11.1 Å². The van der Waals surface area contributed by atoms with E-state index in [2.05, 4.69) is 10.3 Å². The van der Waals surface area contributed by atoms with Crippen LogP contribution in [0.4, 0.5) is 11.4 Å². The first-order valence-electron chi connectivity index (χ1n) is 10.3. The molecular weight excluding hydrogens is 398 g/mol. The van der Waals surface area contributed by atoms with Gasteiger partial charge in [0.05, 0.1) is 23.0 Å². The largest absolute Gasteiger partial charge is 0.507 e. The predicted molar refractivity (Wildman–Crippen MR) is 128 cm³/mol. The molecule has 0 saturated carbocycles. The number of nitrogen functional groups attached to an aromatic ring is 1. The minimum Gasteiger partial charge on any atom is -0.507 e. The van der Waals surface area contributed by atoms with Crippen LogP contribution in [-0.2, 0) is 15.6 Å². The number of phenolic OH excluding ortho intramolecular Hbond substituents is 1. The highest BCUT2D eigenvalue weighted by molar-refractivity contribution is 5.99. The third-order valence-electron chi connectivity index (χ3n) is 5.09. The molecule has 2 aromatic rings. The zero-order valence-electron chi connectivity index (χ0n) is 19.2. The number of carbonyl (C=O) groups is 1. The molecule has 1 atom stereocenters. The van der Waals surface area contributed by atoms with Crippen molar-refractivity contribution in [3.05, 3.63) is 47.3 Å². The van der Waals surface area contributed by atoms with Gasteiger partial charge < -0.3 is 16.2 Å². The van der Waals surface area contributed by atoms with Gasteiger partial charge in [0.25, 0.3) is 0 Å². The zero-order valence-corrected chi connectivity index (χ0v) is 20.0. The second-order valence-corrected chi connectivity index (χ2v) is 9.69. The Kier molecular flexibility index (Phi) is 8.32. The molecule has 166 valence electrons. The summed E-state index contributed by atoms with van der Waals surface area (Å²) in [6, 6.07) is 7.41. The molecule has 0 radical (unpaired) electrons. The van der Waals surface area contributed by atoms with Crippen LogP contribution in [0, 0.1) is 0 Å². The fourth-order valence-electron chi connectivity index (χ4n) is 3.63. The highest BCUT2D eigenvalue weighted by Crippen LogP contribution is 2.45. The van der Waals surface area contributed by atoms with Gasteiger partial charge in [0, 0.05) is 17.3 Å². The summed E-state index contributed by atoms with van der Waals surface area (Å²) in [6.45, 7) is 14.2. The Hall–Kier alpha value is -2.27. The van der Waals surface area contributed by atoms with Crippen molar-refractivity contribution in [1.29, 1.82) is 0 Å². The maximum Gasteiger partial charge on any atom is 0.233 e. The highest BCUT2D eigenvalue weighted by Gasteiger charge is 2.31. The molecule has 2 rings (SSSR count). The van der Waals surface area contributed by atoms with Crippen LogP contribution in [0.3, 0.4) is 0 Å². The van der Waals surface area contributed by atoms with Gasteiger partial charge in [-0.1, -0.05) is 61.0 Å². The maximum atomic E-state index is 13.2. The van der Waals surface area contributed by atoms with Crippen molar-refractivity contribution < 1.29 is 9.90 Å². The molecule has 0 saturated heterocycles. The molecule has 0 aliphatic carbocycles. The van der Waals surface area contributed by atoms with Crippen molar-refractivity contribution in [2.45, 2.75) is 78.1 Å². The first-order chi connectivity index (χ1) is 13.4. The fraction of sp³-hybridized carbons (Fsp3) is 0.500. The molecule has 5 nitrogen and oxygen atoms in total. The molecule has 0 aliphatic rings. The van der Waals surface area contributed by atoms with Crippen LogP contribution in [-0.4, -0.2) is 16.0 Å². The van der Waals surface area contributed by atoms with Crippen molar-refractivity contribution in [3.63, 3.8) is 0 Å². The van der Waals surface area contributed by atoms with Crippen LogP contribution in [0.2, 0.25) is 0 Å². The lowest BCUT2D eigenvalue weighted by atomic mass is 9.78. The SMILES string of the molecule is CCCC(C(=O)Nc1cc(C(C)(C)C)c(O)c(C(C)(C)C)c1N)c1ccccn1.Cl. The van der Waals surface area contributed by atoms with Gasteiger partial charge in [-0.25, -0.2) is 0 Å². The van der Waals surface area contributed by atoms with Crippen molar-refractivity contribution in [3.8, 4) is 5.75 Å². The van der Waals surface area contributed by atoms with Gasteiger partial charge in [-0.15, -0.1) is 12.4 Å². The molecule has 0 aliphatic heterocycles. The summed E-state index contributed by atoms with van der Waals surface area (Å²) in [7, 11) is 0. The lowest BCUT2D eigenvalue weighted by Crippen LogP contribution is -2.25. The van der Waals surface area contributed by atoms with Crippen molar-refractivity contribution >= 4 is 29.7 Å². The number of aromatic hydroxyl groups is 1. The number of carbonyl (C=O) groups excluding carboxylic acids is 1. The molecular formula is C24H36ClN3O2. The Bertz CT molecular complexity index is 869. The van der Waals surface area contributed by atoms with E-state index >= 15 is 0 Å².